The Hall–Kier alpha value is -2.42. The standard InChI is InChI=1S/C35H64N2O7/c1-3-5-7-9-10-11-12-13-14-15-16-17-23-27-34(41)44-30(24-20-8-6-4-2)25-21-18-19-22-26-32(39)36-28-33(40)37-31(29-38)35(42)43/h20,24,30-31,38H,3-19,21-23,25-29H2,1-2H3,(H,36,39)(H,37,40)(H,42,43)/b24-20-. The van der Waals surface area contributed by atoms with Crippen molar-refractivity contribution < 1.29 is 34.1 Å². The molecule has 0 rings (SSSR count). The lowest BCUT2D eigenvalue weighted by molar-refractivity contribution is -0.147. The van der Waals surface area contributed by atoms with Crippen LogP contribution in [0.3, 0.4) is 0 Å². The van der Waals surface area contributed by atoms with E-state index in [1.165, 1.54) is 70.6 Å². The van der Waals surface area contributed by atoms with E-state index < -0.39 is 24.5 Å². The second kappa shape index (κ2) is 30.6. The molecule has 9 heteroatoms. The normalized spacial score (nSPS) is 12.6. The Balaban J connectivity index is 4.07. The summed E-state index contributed by atoms with van der Waals surface area (Å²) < 4.78 is 5.81. The molecule has 0 aromatic heterocycles. The molecule has 0 saturated heterocycles. The van der Waals surface area contributed by atoms with Gasteiger partial charge in [0.1, 0.15) is 12.1 Å². The Bertz CT molecular complexity index is 772. The van der Waals surface area contributed by atoms with Gasteiger partial charge in [0.25, 0.3) is 0 Å². The number of carbonyl (C=O) groups excluding carboxylic acids is 3. The minimum absolute atomic E-state index is 0.118. The number of ether oxygens (including phenoxy) is 1. The number of aliphatic hydroxyl groups is 1. The van der Waals surface area contributed by atoms with Gasteiger partial charge in [0.05, 0.1) is 13.2 Å². The first-order valence-electron chi connectivity index (χ1n) is 17.6. The van der Waals surface area contributed by atoms with Crippen LogP contribution in [0.1, 0.15) is 162 Å². The largest absolute Gasteiger partial charge is 0.480 e. The van der Waals surface area contributed by atoms with Crippen molar-refractivity contribution in [3.63, 3.8) is 0 Å². The number of hydrogen-bond acceptors (Lipinski definition) is 6. The number of aliphatic carboxylic acids is 1. The average Bonchev–Trinajstić information content (AvgIpc) is 3.00. The lowest BCUT2D eigenvalue weighted by atomic mass is 10.0. The summed E-state index contributed by atoms with van der Waals surface area (Å²) in [5.74, 6) is -2.40. The molecule has 2 atom stereocenters. The molecule has 4 N–H and O–H groups in total. The highest BCUT2D eigenvalue weighted by molar-refractivity contribution is 5.87. The molecule has 0 spiro atoms. The number of rotatable bonds is 31. The van der Waals surface area contributed by atoms with E-state index in [1.807, 2.05) is 6.08 Å². The smallest absolute Gasteiger partial charge is 0.328 e. The third-order valence-electron chi connectivity index (χ3n) is 7.75. The maximum absolute atomic E-state index is 12.5. The van der Waals surface area contributed by atoms with Crippen LogP contribution in [0, 0.1) is 0 Å². The summed E-state index contributed by atoms with van der Waals surface area (Å²) in [5.41, 5.74) is 0. The van der Waals surface area contributed by atoms with Crippen LogP contribution in [0.5, 0.6) is 0 Å². The monoisotopic (exact) mass is 624 g/mol. The van der Waals surface area contributed by atoms with Crippen LogP contribution in [0.25, 0.3) is 0 Å². The highest BCUT2D eigenvalue weighted by Gasteiger charge is 2.18. The van der Waals surface area contributed by atoms with Crippen LogP contribution in [-0.2, 0) is 23.9 Å². The van der Waals surface area contributed by atoms with Crippen molar-refractivity contribution in [2.24, 2.45) is 0 Å². The zero-order chi connectivity index (χ0) is 32.7. The molecule has 0 saturated carbocycles. The topological polar surface area (TPSA) is 142 Å². The van der Waals surface area contributed by atoms with Crippen LogP contribution < -0.4 is 10.6 Å². The van der Waals surface area contributed by atoms with E-state index in [9.17, 15) is 19.2 Å². The first-order valence-corrected chi connectivity index (χ1v) is 17.6. The van der Waals surface area contributed by atoms with Crippen LogP contribution in [0.15, 0.2) is 12.2 Å². The molecule has 2 amide bonds. The van der Waals surface area contributed by atoms with E-state index in [0.29, 0.717) is 12.8 Å². The summed E-state index contributed by atoms with van der Waals surface area (Å²) in [5, 5.41) is 22.4. The predicted molar refractivity (Wildman–Crippen MR) is 176 cm³/mol. The number of carbonyl (C=O) groups is 4. The molecule has 0 aliphatic carbocycles. The molecule has 0 aliphatic rings. The van der Waals surface area contributed by atoms with E-state index in [4.69, 9.17) is 14.9 Å². The minimum atomic E-state index is -1.39. The molecule has 0 radical (unpaired) electrons. The number of amides is 2. The SMILES string of the molecule is CCCC/C=C\C(CCCCCCC(=O)NCC(=O)NC(CO)C(=O)O)OC(=O)CCCCCCCCCCCCCCC. The van der Waals surface area contributed by atoms with Gasteiger partial charge in [-0.3, -0.25) is 14.4 Å². The molecule has 2 unspecified atom stereocenters. The van der Waals surface area contributed by atoms with Crippen molar-refractivity contribution in [3.05, 3.63) is 12.2 Å². The van der Waals surface area contributed by atoms with E-state index in [2.05, 4.69) is 30.6 Å². The van der Waals surface area contributed by atoms with E-state index in [-0.39, 0.29) is 30.9 Å². The van der Waals surface area contributed by atoms with Crippen LogP contribution in [0.2, 0.25) is 0 Å². The number of carboxylic acid groups (broad SMARTS) is 1. The summed E-state index contributed by atoms with van der Waals surface area (Å²) in [4.78, 5) is 47.0. The molecule has 0 aliphatic heterocycles. The molecule has 0 heterocycles. The highest BCUT2D eigenvalue weighted by atomic mass is 16.5. The van der Waals surface area contributed by atoms with E-state index in [0.717, 1.165) is 57.8 Å². The fourth-order valence-corrected chi connectivity index (χ4v) is 4.96. The van der Waals surface area contributed by atoms with Gasteiger partial charge in [0, 0.05) is 12.8 Å². The zero-order valence-corrected chi connectivity index (χ0v) is 27.9. The van der Waals surface area contributed by atoms with Gasteiger partial charge in [-0.25, -0.2) is 4.79 Å². The van der Waals surface area contributed by atoms with Gasteiger partial charge in [-0.05, 0) is 38.2 Å². The summed E-state index contributed by atoms with van der Waals surface area (Å²) in [6, 6.07) is -1.39. The number of allylic oxidation sites excluding steroid dienone is 1. The second-order valence-electron chi connectivity index (χ2n) is 12.0. The Morgan fingerprint density at radius 1 is 0.682 bits per heavy atom. The fourth-order valence-electron chi connectivity index (χ4n) is 4.96. The van der Waals surface area contributed by atoms with Crippen LogP contribution in [-0.4, -0.2) is 59.3 Å². The number of hydrogen-bond donors (Lipinski definition) is 4. The number of carboxylic acids is 1. The molecular formula is C35H64N2O7. The second-order valence-corrected chi connectivity index (χ2v) is 12.0. The Kier molecular flexibility index (Phi) is 28.9. The highest BCUT2D eigenvalue weighted by Crippen LogP contribution is 2.15. The predicted octanol–water partition coefficient (Wildman–Crippen LogP) is 7.14. The number of aliphatic hydroxyl groups excluding tert-OH is 1. The Morgan fingerprint density at radius 2 is 1.20 bits per heavy atom. The zero-order valence-electron chi connectivity index (χ0n) is 27.9. The molecule has 256 valence electrons. The Labute approximate surface area is 267 Å². The maximum Gasteiger partial charge on any atom is 0.328 e. The third kappa shape index (κ3) is 27.2. The van der Waals surface area contributed by atoms with Crippen molar-refractivity contribution in [2.45, 2.75) is 174 Å². The summed E-state index contributed by atoms with van der Waals surface area (Å²) >= 11 is 0. The van der Waals surface area contributed by atoms with Gasteiger partial charge in [-0.2, -0.15) is 0 Å². The van der Waals surface area contributed by atoms with Crippen molar-refractivity contribution in [3.8, 4) is 0 Å². The van der Waals surface area contributed by atoms with E-state index >= 15 is 0 Å². The fraction of sp³-hybridized carbons (Fsp3) is 0.829. The minimum Gasteiger partial charge on any atom is -0.480 e. The molecule has 9 nitrogen and oxygen atoms in total. The van der Waals surface area contributed by atoms with Crippen molar-refractivity contribution in [1.29, 1.82) is 0 Å². The average molecular weight is 625 g/mol. The van der Waals surface area contributed by atoms with Crippen LogP contribution >= 0.6 is 0 Å². The number of nitrogens with one attached hydrogen (secondary N) is 2. The van der Waals surface area contributed by atoms with Gasteiger partial charge in [-0.15, -0.1) is 0 Å². The molecular weight excluding hydrogens is 560 g/mol. The first kappa shape index (κ1) is 41.6. The molecule has 0 bridgehead atoms. The van der Waals surface area contributed by atoms with Gasteiger partial charge < -0.3 is 25.6 Å². The summed E-state index contributed by atoms with van der Waals surface area (Å²) in [6.07, 6.45) is 28.5. The maximum atomic E-state index is 12.5. The van der Waals surface area contributed by atoms with Crippen LogP contribution in [0.4, 0.5) is 0 Å². The van der Waals surface area contributed by atoms with Gasteiger partial charge in [-0.1, -0.05) is 123 Å². The van der Waals surface area contributed by atoms with Crippen molar-refractivity contribution in [1.82, 2.24) is 10.6 Å². The number of esters is 1. The quantitative estimate of drug-likeness (QED) is 0.0365. The van der Waals surface area contributed by atoms with E-state index in [1.54, 1.807) is 0 Å². The van der Waals surface area contributed by atoms with Crippen molar-refractivity contribution >= 4 is 23.8 Å². The van der Waals surface area contributed by atoms with Crippen molar-refractivity contribution in [2.75, 3.05) is 13.2 Å². The molecule has 0 fully saturated rings. The number of unbranched alkanes of at least 4 members (excludes halogenated alkanes) is 17. The van der Waals surface area contributed by atoms with Gasteiger partial charge in [0.2, 0.25) is 11.8 Å². The molecule has 44 heavy (non-hydrogen) atoms. The van der Waals surface area contributed by atoms with Gasteiger partial charge >= 0.3 is 11.9 Å². The third-order valence-corrected chi connectivity index (χ3v) is 7.75. The van der Waals surface area contributed by atoms with Gasteiger partial charge in [0.15, 0.2) is 0 Å². The first-order chi connectivity index (χ1) is 21.3. The lowest BCUT2D eigenvalue weighted by Gasteiger charge is -2.15. The summed E-state index contributed by atoms with van der Waals surface area (Å²) in [6.45, 7) is 3.36. The molecule has 0 aromatic carbocycles. The lowest BCUT2D eigenvalue weighted by Crippen LogP contribution is -2.47. The molecule has 0 aromatic rings. The Morgan fingerprint density at radius 3 is 1.75 bits per heavy atom. The summed E-state index contributed by atoms with van der Waals surface area (Å²) in [7, 11) is 0.